The Morgan fingerprint density at radius 3 is 2.36 bits per heavy atom. The van der Waals surface area contributed by atoms with Crippen molar-refractivity contribution < 1.29 is 9.59 Å². The Balaban J connectivity index is 1.26. The van der Waals surface area contributed by atoms with Crippen molar-refractivity contribution in [1.29, 1.82) is 0 Å². The number of hydrogen-bond donors (Lipinski definition) is 2. The number of H-pyrrole nitrogens is 1. The monoisotopic (exact) mass is 521 g/mol. The van der Waals surface area contributed by atoms with Gasteiger partial charge in [0, 0.05) is 17.2 Å². The van der Waals surface area contributed by atoms with Gasteiger partial charge in [-0.15, -0.1) is 10.2 Å². The van der Waals surface area contributed by atoms with Crippen LogP contribution in [0, 0.1) is 5.92 Å². The summed E-state index contributed by atoms with van der Waals surface area (Å²) >= 11 is 0. The smallest absolute Gasteiger partial charge is 0.244 e. The average Bonchev–Trinajstić information content (AvgIpc) is 3.48. The number of likely N-dealkylation sites (tertiary alicyclic amines) is 1. The number of tetrazole rings is 1. The summed E-state index contributed by atoms with van der Waals surface area (Å²) in [6.07, 6.45) is 3.02. The lowest BCUT2D eigenvalue weighted by molar-refractivity contribution is -0.126. The van der Waals surface area contributed by atoms with Gasteiger partial charge in [-0.3, -0.25) is 14.5 Å². The maximum Gasteiger partial charge on any atom is 0.244 e. The average molecular weight is 522 g/mol. The first-order valence-corrected chi connectivity index (χ1v) is 13.4. The van der Waals surface area contributed by atoms with E-state index in [1.54, 1.807) is 0 Å². The van der Waals surface area contributed by atoms with Gasteiger partial charge in [0.1, 0.15) is 0 Å². The van der Waals surface area contributed by atoms with Gasteiger partial charge in [0.2, 0.25) is 17.6 Å². The molecule has 4 aromatic rings. The molecule has 2 aliphatic rings. The van der Waals surface area contributed by atoms with Crippen molar-refractivity contribution in [3.05, 3.63) is 83.9 Å². The number of primary amides is 1. The molecule has 0 spiro atoms. The number of rotatable bonds is 6. The molecule has 1 unspecified atom stereocenters. The second-order valence-corrected chi connectivity index (χ2v) is 10.3. The second-order valence-electron chi connectivity index (χ2n) is 10.3. The highest BCUT2D eigenvalue weighted by molar-refractivity contribution is 5.98. The fourth-order valence-corrected chi connectivity index (χ4v) is 5.88. The van der Waals surface area contributed by atoms with Crippen LogP contribution >= 0.6 is 0 Å². The molecule has 1 fully saturated rings. The molecule has 0 radical (unpaired) electrons. The number of carbonyl (C=O) groups is 2. The highest BCUT2D eigenvalue weighted by Gasteiger charge is 2.36. The highest BCUT2D eigenvalue weighted by Crippen LogP contribution is 2.33. The first-order valence-electron chi connectivity index (χ1n) is 13.4. The molecule has 2 amide bonds. The molecular formula is C30H31N7O2. The van der Waals surface area contributed by atoms with Crippen molar-refractivity contribution in [3.63, 3.8) is 0 Å². The fraction of sp³-hybridized carbons (Fsp3) is 0.300. The molecule has 3 heterocycles. The first-order chi connectivity index (χ1) is 19.1. The lowest BCUT2D eigenvalue weighted by Gasteiger charge is -2.37. The van der Waals surface area contributed by atoms with Crippen molar-refractivity contribution in [3.8, 4) is 22.5 Å². The Morgan fingerprint density at radius 2 is 1.64 bits per heavy atom. The van der Waals surface area contributed by atoms with Crippen molar-refractivity contribution in [2.75, 3.05) is 18.0 Å². The number of hydrogen-bond acceptors (Lipinski definition) is 6. The lowest BCUT2D eigenvalue weighted by Crippen LogP contribution is -2.51. The van der Waals surface area contributed by atoms with Crippen LogP contribution in [-0.4, -0.2) is 56.5 Å². The number of carbonyl (C=O) groups excluding carboxylic acids is 2. The van der Waals surface area contributed by atoms with E-state index in [0.717, 1.165) is 40.8 Å². The standard InChI is InChI=1S/C30H31N7O2/c31-28(38)23-15-17-36(18-16-23)27-14-13-22-5-1-4-8-26(22)37(30(27)39)19-20-9-11-21(12-10-20)24-6-2-3-7-25(24)29-32-34-35-33-29/h1-12,23,27H,13-19H2,(H2,31,38)(H,32,33,34,35). The summed E-state index contributed by atoms with van der Waals surface area (Å²) in [7, 11) is 0. The van der Waals surface area contributed by atoms with Crippen LogP contribution in [0.25, 0.3) is 22.5 Å². The Labute approximate surface area is 227 Å². The van der Waals surface area contributed by atoms with Crippen molar-refractivity contribution in [1.82, 2.24) is 25.5 Å². The van der Waals surface area contributed by atoms with Gasteiger partial charge in [-0.1, -0.05) is 66.7 Å². The van der Waals surface area contributed by atoms with Crippen LogP contribution in [0.5, 0.6) is 0 Å². The minimum absolute atomic E-state index is 0.0980. The Hall–Kier alpha value is -4.37. The molecule has 3 aromatic carbocycles. The van der Waals surface area contributed by atoms with Crippen LogP contribution in [-0.2, 0) is 22.6 Å². The van der Waals surface area contributed by atoms with Crippen LogP contribution in [0.3, 0.4) is 0 Å². The molecule has 2 aliphatic heterocycles. The van der Waals surface area contributed by atoms with Gasteiger partial charge in [0.25, 0.3) is 0 Å². The summed E-state index contributed by atoms with van der Waals surface area (Å²) in [4.78, 5) is 29.9. The van der Waals surface area contributed by atoms with Gasteiger partial charge in [-0.25, -0.2) is 0 Å². The van der Waals surface area contributed by atoms with E-state index >= 15 is 0 Å². The number of amides is 2. The Kier molecular flexibility index (Phi) is 6.89. The SMILES string of the molecule is NC(=O)C1CCN(C2CCc3ccccc3N(Cc3ccc(-c4ccccc4-c4nn[nH]n4)cc3)C2=O)CC1. The molecule has 0 bridgehead atoms. The van der Waals surface area contributed by atoms with E-state index in [9.17, 15) is 9.59 Å². The second kappa shape index (κ2) is 10.8. The third kappa shape index (κ3) is 5.05. The maximum atomic E-state index is 14.1. The predicted molar refractivity (Wildman–Crippen MR) is 148 cm³/mol. The van der Waals surface area contributed by atoms with E-state index in [-0.39, 0.29) is 23.8 Å². The third-order valence-corrected chi connectivity index (χ3v) is 8.01. The summed E-state index contributed by atoms with van der Waals surface area (Å²) in [6, 6.07) is 24.3. The van der Waals surface area contributed by atoms with E-state index in [4.69, 9.17) is 5.73 Å². The summed E-state index contributed by atoms with van der Waals surface area (Å²) in [5, 5.41) is 14.5. The summed E-state index contributed by atoms with van der Waals surface area (Å²) < 4.78 is 0. The van der Waals surface area contributed by atoms with E-state index in [2.05, 4.69) is 55.9 Å². The number of anilines is 1. The summed E-state index contributed by atoms with van der Waals surface area (Å²) in [6.45, 7) is 1.90. The molecule has 1 aromatic heterocycles. The highest BCUT2D eigenvalue weighted by atomic mass is 16.2. The molecule has 0 aliphatic carbocycles. The number of aromatic amines is 1. The number of benzene rings is 3. The van der Waals surface area contributed by atoms with Crippen LogP contribution in [0.15, 0.2) is 72.8 Å². The van der Waals surface area contributed by atoms with E-state index < -0.39 is 0 Å². The van der Waals surface area contributed by atoms with E-state index in [1.807, 2.05) is 47.4 Å². The summed E-state index contributed by atoms with van der Waals surface area (Å²) in [5.74, 6) is 0.328. The maximum absolute atomic E-state index is 14.1. The minimum Gasteiger partial charge on any atom is -0.369 e. The number of aryl methyl sites for hydroxylation is 1. The fourth-order valence-electron chi connectivity index (χ4n) is 5.88. The molecule has 3 N–H and O–H groups in total. The molecule has 0 saturated carbocycles. The zero-order valence-corrected chi connectivity index (χ0v) is 21.7. The third-order valence-electron chi connectivity index (χ3n) is 8.01. The summed E-state index contributed by atoms with van der Waals surface area (Å²) in [5.41, 5.74) is 11.7. The van der Waals surface area contributed by atoms with Gasteiger partial charge in [0.05, 0.1) is 12.6 Å². The Bertz CT molecular complexity index is 1460. The molecule has 9 heteroatoms. The van der Waals surface area contributed by atoms with Crippen LogP contribution in [0.2, 0.25) is 0 Å². The molecule has 6 rings (SSSR count). The first kappa shape index (κ1) is 24.9. The molecule has 39 heavy (non-hydrogen) atoms. The molecule has 9 nitrogen and oxygen atoms in total. The van der Waals surface area contributed by atoms with Crippen molar-refractivity contribution in [2.24, 2.45) is 11.7 Å². The molecule has 1 saturated heterocycles. The molecule has 198 valence electrons. The minimum atomic E-state index is -0.237. The quantitative estimate of drug-likeness (QED) is 0.400. The topological polar surface area (TPSA) is 121 Å². The van der Waals surface area contributed by atoms with Gasteiger partial charge >= 0.3 is 0 Å². The number of nitrogens with one attached hydrogen (secondary N) is 1. The number of piperidine rings is 1. The zero-order chi connectivity index (χ0) is 26.8. The number of nitrogens with zero attached hydrogens (tertiary/aromatic N) is 5. The van der Waals surface area contributed by atoms with Gasteiger partial charge < -0.3 is 10.6 Å². The lowest BCUT2D eigenvalue weighted by atomic mass is 9.94. The number of fused-ring (bicyclic) bond motifs is 1. The predicted octanol–water partition coefficient (Wildman–Crippen LogP) is 3.58. The van der Waals surface area contributed by atoms with Crippen molar-refractivity contribution >= 4 is 17.5 Å². The molecular weight excluding hydrogens is 490 g/mol. The van der Waals surface area contributed by atoms with Gasteiger partial charge in [-0.05, 0) is 72.3 Å². The number of aromatic nitrogens is 4. The largest absolute Gasteiger partial charge is 0.369 e. The van der Waals surface area contributed by atoms with E-state index in [1.165, 1.54) is 5.56 Å². The van der Waals surface area contributed by atoms with Gasteiger partial charge in [0.15, 0.2) is 0 Å². The molecule has 1 atom stereocenters. The van der Waals surface area contributed by atoms with Crippen LogP contribution in [0.4, 0.5) is 5.69 Å². The zero-order valence-electron chi connectivity index (χ0n) is 21.7. The van der Waals surface area contributed by atoms with Crippen molar-refractivity contribution in [2.45, 2.75) is 38.3 Å². The van der Waals surface area contributed by atoms with Crippen LogP contribution < -0.4 is 10.6 Å². The van der Waals surface area contributed by atoms with Gasteiger partial charge in [-0.2, -0.15) is 5.21 Å². The normalized spacial score (nSPS) is 18.5. The number of para-hydroxylation sites is 1. The van der Waals surface area contributed by atoms with E-state index in [0.29, 0.717) is 38.3 Å². The number of nitrogens with two attached hydrogens (primary N) is 1. The van der Waals surface area contributed by atoms with Crippen LogP contribution in [0.1, 0.15) is 30.4 Å². The Morgan fingerprint density at radius 1 is 0.923 bits per heavy atom.